The number of benzene rings is 1. The highest BCUT2D eigenvalue weighted by Crippen LogP contribution is 2.18. The van der Waals surface area contributed by atoms with Crippen molar-refractivity contribution >= 4 is 16.9 Å². The highest BCUT2D eigenvalue weighted by molar-refractivity contribution is 6.03. The lowest BCUT2D eigenvalue weighted by Gasteiger charge is -2.04. The zero-order chi connectivity index (χ0) is 11.4. The number of hydrogen-bond donors (Lipinski definition) is 1. The number of esters is 1. The van der Waals surface area contributed by atoms with Gasteiger partial charge in [0.2, 0.25) is 0 Å². The van der Waals surface area contributed by atoms with E-state index in [0.29, 0.717) is 12.2 Å². The van der Waals surface area contributed by atoms with E-state index in [4.69, 9.17) is 4.74 Å². The summed E-state index contributed by atoms with van der Waals surface area (Å²) < 4.78 is 5.19. The predicted molar refractivity (Wildman–Crippen MR) is 63.5 cm³/mol. The van der Waals surface area contributed by atoms with Crippen LogP contribution in [0.1, 0.15) is 30.1 Å². The third-order valence-corrected chi connectivity index (χ3v) is 2.55. The van der Waals surface area contributed by atoms with Gasteiger partial charge in [-0.25, -0.2) is 4.79 Å². The molecule has 1 aromatic heterocycles. The number of unbranched alkanes of at least 4 members (excludes halogenated alkanes) is 1. The Morgan fingerprint density at radius 2 is 2.25 bits per heavy atom. The lowest BCUT2D eigenvalue weighted by atomic mass is 10.1. The molecule has 0 radical (unpaired) electrons. The van der Waals surface area contributed by atoms with Crippen molar-refractivity contribution in [1.29, 1.82) is 0 Å². The molecule has 1 N–H and O–H groups in total. The van der Waals surface area contributed by atoms with E-state index in [2.05, 4.69) is 11.9 Å². The van der Waals surface area contributed by atoms with Gasteiger partial charge in [0.05, 0.1) is 12.2 Å². The summed E-state index contributed by atoms with van der Waals surface area (Å²) in [6, 6.07) is 7.49. The standard InChI is InChI=1S/C13H15NO2/c1-2-3-9-16-13(15)11-5-4-6-12-10(11)7-8-14-12/h4-8,14H,2-3,9H2,1H3. The summed E-state index contributed by atoms with van der Waals surface area (Å²) in [6.45, 7) is 2.57. The van der Waals surface area contributed by atoms with Gasteiger partial charge in [0, 0.05) is 17.1 Å². The number of fused-ring (bicyclic) bond motifs is 1. The van der Waals surface area contributed by atoms with Gasteiger partial charge < -0.3 is 9.72 Å². The molecule has 2 aromatic rings. The number of nitrogens with one attached hydrogen (secondary N) is 1. The molecule has 0 spiro atoms. The van der Waals surface area contributed by atoms with Crippen LogP contribution in [0, 0.1) is 0 Å². The topological polar surface area (TPSA) is 42.1 Å². The SMILES string of the molecule is CCCCOC(=O)c1cccc2[nH]ccc12. The summed E-state index contributed by atoms with van der Waals surface area (Å²) in [7, 11) is 0. The monoisotopic (exact) mass is 217 g/mol. The molecule has 0 bridgehead atoms. The van der Waals surface area contributed by atoms with E-state index in [1.54, 1.807) is 6.07 Å². The van der Waals surface area contributed by atoms with Crippen LogP contribution < -0.4 is 0 Å². The fraction of sp³-hybridized carbons (Fsp3) is 0.308. The number of aromatic amines is 1. The van der Waals surface area contributed by atoms with E-state index in [9.17, 15) is 4.79 Å². The van der Waals surface area contributed by atoms with Crippen molar-refractivity contribution in [3.63, 3.8) is 0 Å². The van der Waals surface area contributed by atoms with E-state index >= 15 is 0 Å². The first kappa shape index (κ1) is 10.7. The minimum Gasteiger partial charge on any atom is -0.462 e. The summed E-state index contributed by atoms with van der Waals surface area (Å²) in [5, 5.41) is 0.920. The molecule has 3 heteroatoms. The average molecular weight is 217 g/mol. The van der Waals surface area contributed by atoms with Crippen LogP contribution in [-0.4, -0.2) is 17.6 Å². The number of carbonyl (C=O) groups excluding carboxylic acids is 1. The van der Waals surface area contributed by atoms with Gasteiger partial charge >= 0.3 is 5.97 Å². The largest absolute Gasteiger partial charge is 0.462 e. The first-order valence-electron chi connectivity index (χ1n) is 5.56. The van der Waals surface area contributed by atoms with Gasteiger partial charge in [-0.3, -0.25) is 0 Å². The fourth-order valence-corrected chi connectivity index (χ4v) is 1.65. The number of hydrogen-bond acceptors (Lipinski definition) is 2. The molecule has 0 amide bonds. The molecular formula is C13H15NO2. The summed E-state index contributed by atoms with van der Waals surface area (Å²) in [4.78, 5) is 14.9. The van der Waals surface area contributed by atoms with Crippen molar-refractivity contribution in [2.24, 2.45) is 0 Å². The van der Waals surface area contributed by atoms with E-state index in [1.807, 2.05) is 24.4 Å². The quantitative estimate of drug-likeness (QED) is 0.631. The Bertz CT molecular complexity index is 487. The average Bonchev–Trinajstić information content (AvgIpc) is 2.76. The summed E-state index contributed by atoms with van der Waals surface area (Å²) >= 11 is 0. The molecule has 0 aliphatic rings. The number of rotatable bonds is 4. The van der Waals surface area contributed by atoms with Crippen LogP contribution in [0.4, 0.5) is 0 Å². The normalized spacial score (nSPS) is 10.6. The van der Waals surface area contributed by atoms with E-state index < -0.39 is 0 Å². The Balaban J connectivity index is 2.19. The van der Waals surface area contributed by atoms with Gasteiger partial charge in [0.1, 0.15) is 0 Å². The van der Waals surface area contributed by atoms with Gasteiger partial charge in [0.15, 0.2) is 0 Å². The second-order valence-corrected chi connectivity index (χ2v) is 3.73. The number of ether oxygens (including phenoxy) is 1. The Morgan fingerprint density at radius 1 is 1.38 bits per heavy atom. The van der Waals surface area contributed by atoms with Crippen LogP contribution in [-0.2, 0) is 4.74 Å². The lowest BCUT2D eigenvalue weighted by Crippen LogP contribution is -2.06. The van der Waals surface area contributed by atoms with Crippen LogP contribution in [0.3, 0.4) is 0 Å². The van der Waals surface area contributed by atoms with Crippen LogP contribution in [0.2, 0.25) is 0 Å². The second-order valence-electron chi connectivity index (χ2n) is 3.73. The van der Waals surface area contributed by atoms with Crippen LogP contribution in [0.5, 0.6) is 0 Å². The minimum atomic E-state index is -0.237. The van der Waals surface area contributed by atoms with Gasteiger partial charge in [-0.15, -0.1) is 0 Å². The maximum absolute atomic E-state index is 11.8. The molecule has 0 saturated heterocycles. The molecule has 1 heterocycles. The molecule has 0 atom stereocenters. The molecular weight excluding hydrogens is 202 g/mol. The van der Waals surface area contributed by atoms with Crippen molar-refractivity contribution in [2.75, 3.05) is 6.61 Å². The molecule has 0 aliphatic carbocycles. The van der Waals surface area contributed by atoms with Gasteiger partial charge in [-0.05, 0) is 24.6 Å². The summed E-state index contributed by atoms with van der Waals surface area (Å²) in [6.07, 6.45) is 3.77. The van der Waals surface area contributed by atoms with Crippen molar-refractivity contribution in [2.45, 2.75) is 19.8 Å². The van der Waals surface area contributed by atoms with Gasteiger partial charge in [-0.1, -0.05) is 19.4 Å². The number of aromatic nitrogens is 1. The Kier molecular flexibility index (Phi) is 3.25. The van der Waals surface area contributed by atoms with Crippen molar-refractivity contribution in [3.8, 4) is 0 Å². The molecule has 0 saturated carbocycles. The molecule has 1 aromatic carbocycles. The molecule has 0 fully saturated rings. The predicted octanol–water partition coefficient (Wildman–Crippen LogP) is 3.12. The second kappa shape index (κ2) is 4.84. The third-order valence-electron chi connectivity index (χ3n) is 2.55. The first-order chi connectivity index (χ1) is 7.83. The Morgan fingerprint density at radius 3 is 3.06 bits per heavy atom. The zero-order valence-corrected chi connectivity index (χ0v) is 9.32. The van der Waals surface area contributed by atoms with Crippen molar-refractivity contribution < 1.29 is 9.53 Å². The Labute approximate surface area is 94.4 Å². The molecule has 16 heavy (non-hydrogen) atoms. The molecule has 84 valence electrons. The van der Waals surface area contributed by atoms with E-state index in [0.717, 1.165) is 23.7 Å². The first-order valence-corrected chi connectivity index (χ1v) is 5.56. The van der Waals surface area contributed by atoms with Crippen LogP contribution in [0.25, 0.3) is 10.9 Å². The highest BCUT2D eigenvalue weighted by Gasteiger charge is 2.10. The van der Waals surface area contributed by atoms with Crippen molar-refractivity contribution in [3.05, 3.63) is 36.0 Å². The van der Waals surface area contributed by atoms with E-state index in [1.165, 1.54) is 0 Å². The van der Waals surface area contributed by atoms with E-state index in [-0.39, 0.29) is 5.97 Å². The zero-order valence-electron chi connectivity index (χ0n) is 9.32. The maximum Gasteiger partial charge on any atom is 0.338 e. The van der Waals surface area contributed by atoms with Crippen molar-refractivity contribution in [1.82, 2.24) is 4.98 Å². The highest BCUT2D eigenvalue weighted by atomic mass is 16.5. The fourth-order valence-electron chi connectivity index (χ4n) is 1.65. The smallest absolute Gasteiger partial charge is 0.338 e. The van der Waals surface area contributed by atoms with Crippen LogP contribution >= 0.6 is 0 Å². The summed E-state index contributed by atoms with van der Waals surface area (Å²) in [5.74, 6) is -0.237. The lowest BCUT2D eigenvalue weighted by molar-refractivity contribution is 0.0502. The number of carbonyl (C=O) groups is 1. The third kappa shape index (κ3) is 2.08. The minimum absolute atomic E-state index is 0.237. The van der Waals surface area contributed by atoms with Gasteiger partial charge in [-0.2, -0.15) is 0 Å². The maximum atomic E-state index is 11.8. The Hall–Kier alpha value is -1.77. The molecule has 2 rings (SSSR count). The molecule has 3 nitrogen and oxygen atoms in total. The molecule has 0 aliphatic heterocycles. The number of H-pyrrole nitrogens is 1. The molecule has 0 unspecified atom stereocenters. The van der Waals surface area contributed by atoms with Gasteiger partial charge in [0.25, 0.3) is 0 Å². The van der Waals surface area contributed by atoms with Crippen LogP contribution in [0.15, 0.2) is 30.5 Å². The summed E-state index contributed by atoms with van der Waals surface area (Å²) in [5.41, 5.74) is 1.60.